The first-order valence-electron chi connectivity index (χ1n) is 7.19. The smallest absolute Gasteiger partial charge is 0.410 e. The molecule has 1 aromatic rings. The first kappa shape index (κ1) is 16.3. The van der Waals surface area contributed by atoms with Crippen molar-refractivity contribution in [3.63, 3.8) is 0 Å². The van der Waals surface area contributed by atoms with Crippen LogP contribution in [0.15, 0.2) is 30.3 Å². The summed E-state index contributed by atoms with van der Waals surface area (Å²) in [5.41, 5.74) is -0.508. The highest BCUT2D eigenvalue weighted by atomic mass is 16.6. The molecule has 0 bridgehead atoms. The van der Waals surface area contributed by atoms with E-state index in [2.05, 4.69) is 0 Å². The van der Waals surface area contributed by atoms with Crippen molar-refractivity contribution in [2.45, 2.75) is 25.0 Å². The van der Waals surface area contributed by atoms with Gasteiger partial charge >= 0.3 is 12.1 Å². The molecule has 0 saturated heterocycles. The van der Waals surface area contributed by atoms with Crippen LogP contribution in [-0.4, -0.2) is 48.4 Å². The summed E-state index contributed by atoms with van der Waals surface area (Å²) >= 11 is 0. The first-order chi connectivity index (χ1) is 10.5. The topological polar surface area (TPSA) is 76.1 Å². The number of ether oxygens (including phenoxy) is 2. The van der Waals surface area contributed by atoms with E-state index in [0.29, 0.717) is 0 Å². The van der Waals surface area contributed by atoms with Crippen molar-refractivity contribution in [1.29, 1.82) is 0 Å². The second-order valence-electron chi connectivity index (χ2n) is 5.54. The third kappa shape index (κ3) is 3.22. The van der Waals surface area contributed by atoms with Gasteiger partial charge in [0, 0.05) is 14.2 Å². The molecule has 1 aliphatic rings. The molecule has 1 unspecified atom stereocenters. The minimum absolute atomic E-state index is 0.0516. The third-order valence-electron chi connectivity index (χ3n) is 4.06. The Morgan fingerprint density at radius 3 is 2.45 bits per heavy atom. The predicted octanol–water partition coefficient (Wildman–Crippen LogP) is 2.13. The fourth-order valence-corrected chi connectivity index (χ4v) is 2.63. The summed E-state index contributed by atoms with van der Waals surface area (Å²) < 4.78 is 10.3. The molecular weight excluding hydrogens is 286 g/mol. The van der Waals surface area contributed by atoms with Gasteiger partial charge in [0.2, 0.25) is 0 Å². The highest BCUT2D eigenvalue weighted by molar-refractivity contribution is 5.85. The van der Waals surface area contributed by atoms with Gasteiger partial charge < -0.3 is 14.6 Å². The maximum absolute atomic E-state index is 12.3. The lowest BCUT2D eigenvalue weighted by Gasteiger charge is -2.37. The average Bonchev–Trinajstić information content (AvgIpc) is 3.35. The van der Waals surface area contributed by atoms with Gasteiger partial charge in [-0.2, -0.15) is 0 Å². The first-order valence-corrected chi connectivity index (χ1v) is 7.19. The van der Waals surface area contributed by atoms with E-state index < -0.39 is 17.6 Å². The number of carboxylic acid groups (broad SMARTS) is 1. The zero-order valence-electron chi connectivity index (χ0n) is 12.8. The maximum Gasteiger partial charge on any atom is 0.410 e. The lowest BCUT2D eigenvalue weighted by Crippen LogP contribution is -2.60. The Kier molecular flexibility index (Phi) is 5.03. The Bertz CT molecular complexity index is 529. The van der Waals surface area contributed by atoms with E-state index in [-0.39, 0.29) is 19.1 Å². The van der Waals surface area contributed by atoms with Crippen LogP contribution in [-0.2, 0) is 20.9 Å². The number of hydrogen-bond donors (Lipinski definition) is 1. The minimum atomic E-state index is -1.36. The molecule has 120 valence electrons. The zero-order valence-corrected chi connectivity index (χ0v) is 12.8. The lowest BCUT2D eigenvalue weighted by molar-refractivity contribution is -0.155. The van der Waals surface area contributed by atoms with Gasteiger partial charge in [0.15, 0.2) is 5.54 Å². The largest absolute Gasteiger partial charge is 0.479 e. The molecule has 0 aromatic heterocycles. The van der Waals surface area contributed by atoms with Gasteiger partial charge in [0.1, 0.15) is 6.61 Å². The molecular formula is C16H21NO5. The van der Waals surface area contributed by atoms with E-state index in [1.807, 2.05) is 30.3 Å². The van der Waals surface area contributed by atoms with E-state index in [1.165, 1.54) is 19.1 Å². The van der Waals surface area contributed by atoms with Crippen molar-refractivity contribution >= 4 is 12.1 Å². The van der Waals surface area contributed by atoms with Gasteiger partial charge in [-0.15, -0.1) is 0 Å². The third-order valence-corrected chi connectivity index (χ3v) is 4.06. The summed E-state index contributed by atoms with van der Waals surface area (Å²) in [6.45, 7) is 0.0568. The van der Waals surface area contributed by atoms with Crippen molar-refractivity contribution < 1.29 is 24.2 Å². The molecule has 1 fully saturated rings. The van der Waals surface area contributed by atoms with Crippen LogP contribution in [0.4, 0.5) is 4.79 Å². The molecule has 6 heteroatoms. The summed E-state index contributed by atoms with van der Waals surface area (Å²) in [6, 6.07) is 9.26. The molecule has 1 aromatic carbocycles. The highest BCUT2D eigenvalue weighted by Gasteiger charge is 2.56. The second-order valence-corrected chi connectivity index (χ2v) is 5.54. The summed E-state index contributed by atoms with van der Waals surface area (Å²) in [5.74, 6) is -1.16. The average molecular weight is 307 g/mol. The zero-order chi connectivity index (χ0) is 16.2. The Labute approximate surface area is 129 Å². The van der Waals surface area contributed by atoms with E-state index in [1.54, 1.807) is 0 Å². The van der Waals surface area contributed by atoms with Crippen molar-refractivity contribution in [3.8, 4) is 0 Å². The standard InChI is InChI=1S/C16H21NO5/c1-17(15(20)22-10-12-6-4-3-5-7-12)16(11-21-2,14(18)19)13-8-9-13/h3-7,13H,8-11H2,1-2H3,(H,18,19). The van der Waals surface area contributed by atoms with Crippen LogP contribution in [0.5, 0.6) is 0 Å². The van der Waals surface area contributed by atoms with E-state index in [9.17, 15) is 14.7 Å². The molecule has 1 N–H and O–H groups in total. The number of carboxylic acids is 1. The molecule has 0 heterocycles. The van der Waals surface area contributed by atoms with Crippen LogP contribution in [0.3, 0.4) is 0 Å². The van der Waals surface area contributed by atoms with Crippen LogP contribution < -0.4 is 0 Å². The van der Waals surface area contributed by atoms with Crippen molar-refractivity contribution in [1.82, 2.24) is 4.90 Å². The highest BCUT2D eigenvalue weighted by Crippen LogP contribution is 2.43. The Morgan fingerprint density at radius 1 is 1.32 bits per heavy atom. The summed E-state index contributed by atoms with van der Waals surface area (Å²) in [6.07, 6.45) is 0.882. The Balaban J connectivity index is 2.07. The number of likely N-dealkylation sites (N-methyl/N-ethyl adjacent to an activating group) is 1. The molecule has 0 spiro atoms. The van der Waals surface area contributed by atoms with E-state index in [4.69, 9.17) is 9.47 Å². The number of amides is 1. The summed E-state index contributed by atoms with van der Waals surface area (Å²) in [5, 5.41) is 9.64. The van der Waals surface area contributed by atoms with Gasteiger partial charge in [-0.25, -0.2) is 9.59 Å². The number of rotatable bonds is 7. The van der Waals surface area contributed by atoms with Crippen LogP contribution in [0.25, 0.3) is 0 Å². The van der Waals surface area contributed by atoms with E-state index >= 15 is 0 Å². The fraction of sp³-hybridized carbons (Fsp3) is 0.500. The number of hydrogen-bond acceptors (Lipinski definition) is 4. The van der Waals surface area contributed by atoms with Crippen molar-refractivity contribution in [2.24, 2.45) is 5.92 Å². The van der Waals surface area contributed by atoms with Crippen LogP contribution in [0.2, 0.25) is 0 Å². The Hall–Kier alpha value is -2.08. The number of carbonyl (C=O) groups excluding carboxylic acids is 1. The van der Waals surface area contributed by atoms with Gasteiger partial charge in [-0.05, 0) is 24.3 Å². The van der Waals surface area contributed by atoms with Gasteiger partial charge in [0.25, 0.3) is 0 Å². The fourth-order valence-electron chi connectivity index (χ4n) is 2.63. The Morgan fingerprint density at radius 2 is 1.95 bits per heavy atom. The molecule has 1 saturated carbocycles. The normalized spacial score (nSPS) is 16.6. The molecule has 0 aliphatic heterocycles. The van der Waals surface area contributed by atoms with Crippen LogP contribution in [0.1, 0.15) is 18.4 Å². The maximum atomic E-state index is 12.3. The summed E-state index contributed by atoms with van der Waals surface area (Å²) in [4.78, 5) is 25.2. The van der Waals surface area contributed by atoms with Gasteiger partial charge in [0.05, 0.1) is 6.61 Å². The quantitative estimate of drug-likeness (QED) is 0.835. The molecule has 0 radical (unpaired) electrons. The molecule has 22 heavy (non-hydrogen) atoms. The molecule has 1 amide bonds. The number of benzene rings is 1. The molecule has 2 rings (SSSR count). The van der Waals surface area contributed by atoms with Crippen LogP contribution >= 0.6 is 0 Å². The molecule has 6 nitrogen and oxygen atoms in total. The number of nitrogens with zero attached hydrogens (tertiary/aromatic N) is 1. The van der Waals surface area contributed by atoms with Crippen molar-refractivity contribution in [2.75, 3.05) is 20.8 Å². The number of carbonyl (C=O) groups is 2. The lowest BCUT2D eigenvalue weighted by atomic mass is 9.92. The van der Waals surface area contributed by atoms with Crippen molar-refractivity contribution in [3.05, 3.63) is 35.9 Å². The molecule has 1 aliphatic carbocycles. The minimum Gasteiger partial charge on any atom is -0.479 e. The van der Waals surface area contributed by atoms with E-state index in [0.717, 1.165) is 18.4 Å². The predicted molar refractivity (Wildman–Crippen MR) is 79.4 cm³/mol. The second kappa shape index (κ2) is 6.79. The van der Waals surface area contributed by atoms with Gasteiger partial charge in [-0.3, -0.25) is 4.90 Å². The number of aliphatic carboxylic acids is 1. The van der Waals surface area contributed by atoms with Crippen LogP contribution in [0, 0.1) is 5.92 Å². The molecule has 1 atom stereocenters. The monoisotopic (exact) mass is 307 g/mol. The number of methoxy groups -OCH3 is 1. The van der Waals surface area contributed by atoms with Gasteiger partial charge in [-0.1, -0.05) is 30.3 Å². The summed E-state index contributed by atoms with van der Waals surface area (Å²) in [7, 11) is 2.89. The SMILES string of the molecule is COCC(C(=O)O)(C1CC1)N(C)C(=O)OCc1ccccc1.